The van der Waals surface area contributed by atoms with Crippen LogP contribution in [0.25, 0.3) is 0 Å². The second kappa shape index (κ2) is 5.95. The molecule has 2 aromatic rings. The zero-order valence-electron chi connectivity index (χ0n) is 10.6. The molecule has 2 rings (SSSR count). The number of rotatable bonds is 6. The van der Waals surface area contributed by atoms with Gasteiger partial charge in [-0.3, -0.25) is 15.2 Å². The third-order valence-corrected chi connectivity index (χ3v) is 2.61. The van der Waals surface area contributed by atoms with Gasteiger partial charge < -0.3 is 10.1 Å². The molecule has 2 N–H and O–H groups in total. The molecule has 0 saturated heterocycles. The highest BCUT2D eigenvalue weighted by Gasteiger charge is 2.19. The zero-order chi connectivity index (χ0) is 14.5. The molecule has 0 aliphatic heterocycles. The normalized spacial score (nSPS) is 10.3. The van der Waals surface area contributed by atoms with E-state index in [4.69, 9.17) is 4.74 Å². The van der Waals surface area contributed by atoms with Crippen molar-refractivity contribution in [1.82, 2.24) is 15.2 Å². The summed E-state index contributed by atoms with van der Waals surface area (Å²) in [5.74, 6) is -0.0552. The molecule has 0 spiro atoms. The molecule has 0 saturated carbocycles. The molecule has 1 aromatic carbocycles. The van der Waals surface area contributed by atoms with Crippen molar-refractivity contribution >= 4 is 11.4 Å². The van der Waals surface area contributed by atoms with Crippen LogP contribution in [0.4, 0.5) is 15.8 Å². The van der Waals surface area contributed by atoms with Crippen LogP contribution in [0.15, 0.2) is 18.5 Å². The summed E-state index contributed by atoms with van der Waals surface area (Å²) in [7, 11) is 1.29. The SMILES string of the molecule is COc1cc(NCCc2ncn[nH]2)c(F)cc1[N+](=O)[O-]. The first kappa shape index (κ1) is 13.7. The van der Waals surface area contributed by atoms with Gasteiger partial charge in [0.15, 0.2) is 11.6 Å². The Bertz CT molecular complexity index is 602. The summed E-state index contributed by atoms with van der Waals surface area (Å²) in [5, 5.41) is 19.9. The van der Waals surface area contributed by atoms with Gasteiger partial charge in [-0.1, -0.05) is 0 Å². The smallest absolute Gasteiger partial charge is 0.313 e. The van der Waals surface area contributed by atoms with Gasteiger partial charge in [0.2, 0.25) is 0 Å². The number of anilines is 1. The Morgan fingerprint density at radius 2 is 2.35 bits per heavy atom. The maximum atomic E-state index is 13.7. The fourth-order valence-corrected chi connectivity index (χ4v) is 1.65. The van der Waals surface area contributed by atoms with E-state index in [-0.39, 0.29) is 11.4 Å². The molecule has 0 bridgehead atoms. The number of methoxy groups -OCH3 is 1. The van der Waals surface area contributed by atoms with E-state index in [1.54, 1.807) is 0 Å². The van der Waals surface area contributed by atoms with Crippen molar-refractivity contribution in [1.29, 1.82) is 0 Å². The maximum Gasteiger partial charge on any atom is 0.313 e. The van der Waals surface area contributed by atoms with E-state index in [1.165, 1.54) is 19.5 Å². The number of hydrogen-bond acceptors (Lipinski definition) is 6. The largest absolute Gasteiger partial charge is 0.490 e. The quantitative estimate of drug-likeness (QED) is 0.614. The summed E-state index contributed by atoms with van der Waals surface area (Å²) in [6.45, 7) is 0.396. The summed E-state index contributed by atoms with van der Waals surface area (Å²) in [6, 6.07) is 2.09. The molecule has 0 fully saturated rings. The van der Waals surface area contributed by atoms with E-state index >= 15 is 0 Å². The Morgan fingerprint density at radius 3 is 2.95 bits per heavy atom. The molecule has 0 aliphatic carbocycles. The van der Waals surface area contributed by atoms with Crippen LogP contribution in [0.1, 0.15) is 5.82 Å². The lowest BCUT2D eigenvalue weighted by molar-refractivity contribution is -0.385. The standard InChI is InChI=1S/C11H12FN5O3/c1-20-10-5-8(7(12)4-9(10)17(18)19)13-3-2-11-14-6-15-16-11/h4-6,13H,2-3H2,1H3,(H,14,15,16). The number of H-pyrrole nitrogens is 1. The van der Waals surface area contributed by atoms with Crippen LogP contribution >= 0.6 is 0 Å². The lowest BCUT2D eigenvalue weighted by atomic mass is 10.2. The van der Waals surface area contributed by atoms with Crippen molar-refractivity contribution in [2.24, 2.45) is 0 Å². The fraction of sp³-hybridized carbons (Fsp3) is 0.273. The topological polar surface area (TPSA) is 106 Å². The number of nitrogens with one attached hydrogen (secondary N) is 2. The number of aromatic nitrogens is 3. The average Bonchev–Trinajstić information content (AvgIpc) is 2.93. The monoisotopic (exact) mass is 281 g/mol. The van der Waals surface area contributed by atoms with Gasteiger partial charge in [0, 0.05) is 19.0 Å². The first-order valence-electron chi connectivity index (χ1n) is 5.72. The van der Waals surface area contributed by atoms with Gasteiger partial charge >= 0.3 is 5.69 Å². The molecule has 8 nitrogen and oxygen atoms in total. The molecule has 9 heteroatoms. The van der Waals surface area contributed by atoms with Crippen LogP contribution < -0.4 is 10.1 Å². The first-order valence-corrected chi connectivity index (χ1v) is 5.72. The van der Waals surface area contributed by atoms with Gasteiger partial charge in [0.25, 0.3) is 0 Å². The van der Waals surface area contributed by atoms with Gasteiger partial charge in [-0.25, -0.2) is 9.37 Å². The van der Waals surface area contributed by atoms with Crippen LogP contribution in [0, 0.1) is 15.9 Å². The van der Waals surface area contributed by atoms with E-state index in [9.17, 15) is 14.5 Å². The van der Waals surface area contributed by atoms with Crippen LogP contribution in [0.2, 0.25) is 0 Å². The Balaban J connectivity index is 2.09. The molecule has 0 amide bonds. The number of benzene rings is 1. The minimum Gasteiger partial charge on any atom is -0.490 e. The first-order chi connectivity index (χ1) is 9.61. The van der Waals surface area contributed by atoms with E-state index in [1.807, 2.05) is 0 Å². The summed E-state index contributed by atoms with van der Waals surface area (Å²) >= 11 is 0. The van der Waals surface area contributed by atoms with Crippen molar-refractivity contribution in [3.05, 3.63) is 40.2 Å². The number of nitro groups is 1. The zero-order valence-corrected chi connectivity index (χ0v) is 10.6. The minimum atomic E-state index is -0.713. The number of halogens is 1. The molecule has 0 aliphatic rings. The highest BCUT2D eigenvalue weighted by Crippen LogP contribution is 2.32. The number of ether oxygens (including phenoxy) is 1. The Labute approximate surface area is 113 Å². The van der Waals surface area contributed by atoms with Crippen LogP contribution in [-0.4, -0.2) is 33.8 Å². The molecule has 106 valence electrons. The lowest BCUT2D eigenvalue weighted by Gasteiger charge is -2.09. The maximum absolute atomic E-state index is 13.7. The third-order valence-electron chi connectivity index (χ3n) is 2.61. The van der Waals surface area contributed by atoms with Crippen molar-refractivity contribution in [3.8, 4) is 5.75 Å². The highest BCUT2D eigenvalue weighted by molar-refractivity contribution is 5.59. The van der Waals surface area contributed by atoms with Crippen molar-refractivity contribution < 1.29 is 14.1 Å². The van der Waals surface area contributed by atoms with E-state index in [0.29, 0.717) is 18.8 Å². The summed E-state index contributed by atoms with van der Waals surface area (Å²) in [5.41, 5.74) is -0.280. The number of aromatic amines is 1. The molecule has 0 atom stereocenters. The van der Waals surface area contributed by atoms with E-state index < -0.39 is 16.4 Å². The number of nitrogens with zero attached hydrogens (tertiary/aromatic N) is 3. The summed E-state index contributed by atoms with van der Waals surface area (Å²) in [4.78, 5) is 14.0. The molecule has 0 radical (unpaired) electrons. The summed E-state index contributed by atoms with van der Waals surface area (Å²) in [6.07, 6.45) is 1.89. The molecular formula is C11H12FN5O3. The minimum absolute atomic E-state index is 0.00133. The predicted octanol–water partition coefficient (Wildman–Crippen LogP) is 1.52. The van der Waals surface area contributed by atoms with Crippen LogP contribution in [0.3, 0.4) is 0 Å². The number of hydrogen-bond donors (Lipinski definition) is 2. The van der Waals surface area contributed by atoms with Gasteiger partial charge in [0.1, 0.15) is 12.2 Å². The van der Waals surface area contributed by atoms with Gasteiger partial charge in [-0.15, -0.1) is 0 Å². The molecule has 0 unspecified atom stereocenters. The van der Waals surface area contributed by atoms with Gasteiger partial charge in [-0.05, 0) is 0 Å². The predicted molar refractivity (Wildman–Crippen MR) is 68.2 cm³/mol. The fourth-order valence-electron chi connectivity index (χ4n) is 1.65. The average molecular weight is 281 g/mol. The van der Waals surface area contributed by atoms with Crippen molar-refractivity contribution in [3.63, 3.8) is 0 Å². The number of nitro benzene ring substituents is 1. The van der Waals surface area contributed by atoms with Crippen molar-refractivity contribution in [2.45, 2.75) is 6.42 Å². The second-order valence-corrected chi connectivity index (χ2v) is 3.87. The summed E-state index contributed by atoms with van der Waals surface area (Å²) < 4.78 is 18.6. The Morgan fingerprint density at radius 1 is 1.55 bits per heavy atom. The van der Waals surface area contributed by atoms with Crippen LogP contribution in [0.5, 0.6) is 5.75 Å². The Hall–Kier alpha value is -2.71. The van der Waals surface area contributed by atoms with Crippen LogP contribution in [-0.2, 0) is 6.42 Å². The molecule has 1 aromatic heterocycles. The van der Waals surface area contributed by atoms with Gasteiger partial charge in [-0.2, -0.15) is 5.10 Å². The molecule has 20 heavy (non-hydrogen) atoms. The highest BCUT2D eigenvalue weighted by atomic mass is 19.1. The lowest BCUT2D eigenvalue weighted by Crippen LogP contribution is -2.08. The second-order valence-electron chi connectivity index (χ2n) is 3.87. The van der Waals surface area contributed by atoms with Gasteiger partial charge in [0.05, 0.1) is 23.8 Å². The van der Waals surface area contributed by atoms with E-state index in [0.717, 1.165) is 6.07 Å². The molecular weight excluding hydrogens is 269 g/mol. The Kier molecular flexibility index (Phi) is 4.08. The third kappa shape index (κ3) is 2.99. The van der Waals surface area contributed by atoms with Crippen molar-refractivity contribution in [2.75, 3.05) is 19.0 Å². The molecule has 1 heterocycles. The van der Waals surface area contributed by atoms with E-state index in [2.05, 4.69) is 20.5 Å².